The van der Waals surface area contributed by atoms with E-state index in [4.69, 9.17) is 4.74 Å². The Hall–Kier alpha value is -2.81. The van der Waals surface area contributed by atoms with Gasteiger partial charge in [0.2, 0.25) is 0 Å². The van der Waals surface area contributed by atoms with Crippen LogP contribution in [-0.4, -0.2) is 49.2 Å². The van der Waals surface area contributed by atoms with Gasteiger partial charge in [0.15, 0.2) is 0 Å². The van der Waals surface area contributed by atoms with Crippen LogP contribution in [0.1, 0.15) is 49.4 Å². The lowest BCUT2D eigenvalue weighted by Crippen LogP contribution is -2.54. The van der Waals surface area contributed by atoms with Crippen LogP contribution in [0.4, 0.5) is 23.7 Å². The van der Waals surface area contributed by atoms with Crippen LogP contribution in [0.3, 0.4) is 0 Å². The lowest BCUT2D eigenvalue weighted by Gasteiger charge is -2.48. The highest BCUT2D eigenvalue weighted by atomic mass is 19.4. The number of hydrogen-bond donors (Lipinski definition) is 1. The summed E-state index contributed by atoms with van der Waals surface area (Å²) in [6, 6.07) is 8.87. The summed E-state index contributed by atoms with van der Waals surface area (Å²) in [6.45, 7) is 2.19. The van der Waals surface area contributed by atoms with Crippen molar-refractivity contribution >= 4 is 11.7 Å². The van der Waals surface area contributed by atoms with Gasteiger partial charge >= 0.3 is 12.2 Å². The van der Waals surface area contributed by atoms with Crippen LogP contribution in [0.2, 0.25) is 0 Å². The first-order valence-corrected chi connectivity index (χ1v) is 11.5. The maximum absolute atomic E-state index is 13.1. The third-order valence-electron chi connectivity index (χ3n) is 7.50. The molecule has 2 aromatic rings. The number of benzene rings is 1. The predicted octanol–water partition coefficient (Wildman–Crippen LogP) is 4.97. The van der Waals surface area contributed by atoms with Crippen molar-refractivity contribution in [1.29, 1.82) is 0 Å². The second kappa shape index (κ2) is 8.76. The van der Waals surface area contributed by atoms with Crippen LogP contribution in [0.15, 0.2) is 36.5 Å². The van der Waals surface area contributed by atoms with Crippen molar-refractivity contribution in [2.24, 2.45) is 0 Å². The Kier molecular flexibility index (Phi) is 6.27. The summed E-state index contributed by atoms with van der Waals surface area (Å²) >= 11 is 0. The molecule has 1 N–H and O–H groups in total. The van der Waals surface area contributed by atoms with Gasteiger partial charge in [-0.3, -0.25) is 9.80 Å². The summed E-state index contributed by atoms with van der Waals surface area (Å²) in [5, 5.41) is 3.16. The number of aryl methyl sites for hydroxylation is 1. The van der Waals surface area contributed by atoms with Gasteiger partial charge in [0.25, 0.3) is 0 Å². The molecule has 2 aliphatic rings. The third kappa shape index (κ3) is 4.21. The van der Waals surface area contributed by atoms with E-state index in [0.29, 0.717) is 24.2 Å². The van der Waals surface area contributed by atoms with Crippen molar-refractivity contribution < 1.29 is 22.7 Å². The largest absolute Gasteiger partial charge is 0.497 e. The van der Waals surface area contributed by atoms with Gasteiger partial charge in [0.1, 0.15) is 11.4 Å². The predicted molar refractivity (Wildman–Crippen MR) is 124 cm³/mol. The first-order valence-electron chi connectivity index (χ1n) is 11.5. The molecular formula is C25H31F3N4O2. The third-order valence-corrected chi connectivity index (χ3v) is 7.50. The number of nitrogens with zero attached hydrogens (tertiary/aromatic N) is 3. The Morgan fingerprint density at radius 1 is 1.18 bits per heavy atom. The van der Waals surface area contributed by atoms with E-state index in [1.165, 1.54) is 11.8 Å². The number of amides is 2. The molecule has 2 heterocycles. The van der Waals surface area contributed by atoms with E-state index in [-0.39, 0.29) is 11.6 Å². The number of methoxy groups -OCH3 is 1. The molecule has 6 nitrogen and oxygen atoms in total. The van der Waals surface area contributed by atoms with Gasteiger partial charge in [-0.1, -0.05) is 19.1 Å². The maximum Gasteiger partial charge on any atom is 0.433 e. The molecule has 0 unspecified atom stereocenters. The zero-order chi connectivity index (χ0) is 24.7. The zero-order valence-electron chi connectivity index (χ0n) is 20.0. The summed E-state index contributed by atoms with van der Waals surface area (Å²) in [5.41, 5.74) is 0.527. The molecular weight excluding hydrogens is 445 g/mol. The number of carbonyl (C=O) groups is 1. The highest BCUT2D eigenvalue weighted by molar-refractivity contribution is 5.96. The SMILES string of the molecule is CCc1cc(C(F)(F)F)ncc1N1C[C@]2(CC[C@@](c3cccc(OC)c3)(N(C)C)CC2)NC1=O. The molecule has 1 aromatic heterocycles. The Balaban J connectivity index is 1.58. The second-order valence-electron chi connectivity index (χ2n) is 9.50. The summed E-state index contributed by atoms with van der Waals surface area (Å²) in [6.07, 6.45) is 0.192. The number of rotatable bonds is 5. The summed E-state index contributed by atoms with van der Waals surface area (Å²) in [5.74, 6) is 0.807. The van der Waals surface area contributed by atoms with Crippen LogP contribution in [0, 0.1) is 0 Å². The van der Waals surface area contributed by atoms with Gasteiger partial charge in [-0.05, 0) is 75.5 Å². The quantitative estimate of drug-likeness (QED) is 0.662. The number of aromatic nitrogens is 1. The topological polar surface area (TPSA) is 57.7 Å². The number of carbonyl (C=O) groups excluding carboxylic acids is 1. The highest BCUT2D eigenvalue weighted by Gasteiger charge is 2.50. The molecule has 4 rings (SSSR count). The molecule has 1 aliphatic heterocycles. The van der Waals surface area contributed by atoms with Gasteiger partial charge in [-0.2, -0.15) is 13.2 Å². The molecule has 0 radical (unpaired) electrons. The van der Waals surface area contributed by atoms with E-state index in [1.54, 1.807) is 18.9 Å². The molecule has 0 atom stereocenters. The average Bonchev–Trinajstić information content (AvgIpc) is 3.14. The summed E-state index contributed by atoms with van der Waals surface area (Å²) < 4.78 is 44.8. The van der Waals surface area contributed by atoms with Gasteiger partial charge in [0.05, 0.1) is 31.1 Å². The number of hydrogen-bond acceptors (Lipinski definition) is 4. The standard InChI is InChI=1S/C25H31F3N4O2/c1-5-17-13-21(25(26,27)28)29-15-20(17)32-16-23(30-22(32)33)9-11-24(12-10-23,31(2)3)18-7-6-8-19(14-18)34-4/h6-8,13-15H,5,9-12,16H2,1-4H3,(H,30,33)/t23-,24-. The fourth-order valence-electron chi connectivity index (χ4n) is 5.41. The van der Waals surface area contributed by atoms with Crippen LogP contribution >= 0.6 is 0 Å². The van der Waals surface area contributed by atoms with Crippen molar-refractivity contribution in [3.63, 3.8) is 0 Å². The lowest BCUT2D eigenvalue weighted by molar-refractivity contribution is -0.141. The van der Waals surface area contributed by atoms with E-state index in [1.807, 2.05) is 12.1 Å². The summed E-state index contributed by atoms with van der Waals surface area (Å²) in [4.78, 5) is 20.4. The van der Waals surface area contributed by atoms with Crippen LogP contribution in [0.5, 0.6) is 5.75 Å². The number of nitrogens with one attached hydrogen (secondary N) is 1. The Labute approximate surface area is 198 Å². The monoisotopic (exact) mass is 476 g/mol. The number of alkyl halides is 3. The molecule has 2 amide bonds. The minimum absolute atomic E-state index is 0.192. The van der Waals surface area contributed by atoms with Gasteiger partial charge in [-0.25, -0.2) is 9.78 Å². The van der Waals surface area contributed by atoms with Gasteiger partial charge in [0, 0.05) is 5.54 Å². The van der Waals surface area contributed by atoms with Crippen molar-refractivity contribution in [1.82, 2.24) is 15.2 Å². The Morgan fingerprint density at radius 2 is 1.88 bits per heavy atom. The van der Waals surface area contributed by atoms with E-state index in [0.717, 1.165) is 37.5 Å². The fourth-order valence-corrected chi connectivity index (χ4v) is 5.41. The smallest absolute Gasteiger partial charge is 0.433 e. The van der Waals surface area contributed by atoms with Crippen LogP contribution in [0.25, 0.3) is 0 Å². The minimum Gasteiger partial charge on any atom is -0.497 e. The van der Waals surface area contributed by atoms with E-state index >= 15 is 0 Å². The van der Waals surface area contributed by atoms with E-state index < -0.39 is 17.4 Å². The first kappa shape index (κ1) is 24.3. The van der Waals surface area contributed by atoms with Crippen molar-refractivity contribution in [3.05, 3.63) is 53.3 Å². The molecule has 1 saturated carbocycles. The second-order valence-corrected chi connectivity index (χ2v) is 9.50. The molecule has 1 spiro atoms. The number of halogens is 3. The molecule has 184 valence electrons. The molecule has 9 heteroatoms. The molecule has 2 fully saturated rings. The number of pyridine rings is 1. The molecule has 34 heavy (non-hydrogen) atoms. The molecule has 0 bridgehead atoms. The van der Waals surface area contributed by atoms with Gasteiger partial charge < -0.3 is 10.1 Å². The molecule has 1 saturated heterocycles. The van der Waals surface area contributed by atoms with E-state index in [9.17, 15) is 18.0 Å². The highest BCUT2D eigenvalue weighted by Crippen LogP contribution is 2.47. The molecule has 1 aromatic carbocycles. The Morgan fingerprint density at radius 3 is 2.47 bits per heavy atom. The number of ether oxygens (including phenoxy) is 1. The van der Waals surface area contributed by atoms with Crippen molar-refractivity contribution in [2.75, 3.05) is 32.6 Å². The lowest BCUT2D eigenvalue weighted by atomic mass is 9.69. The van der Waals surface area contributed by atoms with E-state index in [2.05, 4.69) is 41.4 Å². The number of anilines is 1. The summed E-state index contributed by atoms with van der Waals surface area (Å²) in [7, 11) is 5.79. The van der Waals surface area contributed by atoms with Crippen LogP contribution < -0.4 is 15.0 Å². The van der Waals surface area contributed by atoms with Crippen molar-refractivity contribution in [2.45, 2.75) is 56.3 Å². The van der Waals surface area contributed by atoms with Gasteiger partial charge in [-0.15, -0.1) is 0 Å². The normalized spacial score (nSPS) is 25.2. The molecule has 1 aliphatic carbocycles. The maximum atomic E-state index is 13.1. The fraction of sp³-hybridized carbons (Fsp3) is 0.520. The Bertz CT molecular complexity index is 1060. The first-order chi connectivity index (χ1) is 16.0. The average molecular weight is 477 g/mol. The van der Waals surface area contributed by atoms with Crippen LogP contribution in [-0.2, 0) is 18.1 Å². The van der Waals surface area contributed by atoms with Crippen molar-refractivity contribution in [3.8, 4) is 5.75 Å². The number of urea groups is 1. The minimum atomic E-state index is -4.52. The zero-order valence-corrected chi connectivity index (χ0v) is 20.0.